The zero-order valence-electron chi connectivity index (χ0n) is 11.9. The lowest BCUT2D eigenvalue weighted by Crippen LogP contribution is -2.21. The van der Waals surface area contributed by atoms with Gasteiger partial charge in [0.05, 0.1) is 5.52 Å². The number of anilines is 1. The average Bonchev–Trinajstić information content (AvgIpc) is 2.96. The maximum Gasteiger partial charge on any atom is 0.0506 e. The first-order valence-corrected chi connectivity index (χ1v) is 7.27. The van der Waals surface area contributed by atoms with Crippen molar-refractivity contribution in [1.82, 2.24) is 9.47 Å². The van der Waals surface area contributed by atoms with Gasteiger partial charge in [0.25, 0.3) is 0 Å². The van der Waals surface area contributed by atoms with Gasteiger partial charge >= 0.3 is 0 Å². The summed E-state index contributed by atoms with van der Waals surface area (Å²) in [6, 6.07) is 9.02. The standard InChI is InChI=1S/C16H23N3/c1-12(2)19-15(11-18-7-3-4-8-18)9-13-5-6-14(17)10-16(13)19/h5-6,9-10,12H,3-4,7-8,11,17H2,1-2H3. The highest BCUT2D eigenvalue weighted by atomic mass is 15.2. The maximum absolute atomic E-state index is 5.94. The highest BCUT2D eigenvalue weighted by Gasteiger charge is 2.17. The van der Waals surface area contributed by atoms with Crippen LogP contribution in [0.5, 0.6) is 0 Å². The Hall–Kier alpha value is -1.48. The number of hydrogen-bond acceptors (Lipinski definition) is 2. The van der Waals surface area contributed by atoms with E-state index in [4.69, 9.17) is 5.73 Å². The van der Waals surface area contributed by atoms with Crippen LogP contribution in [0.2, 0.25) is 0 Å². The van der Waals surface area contributed by atoms with Crippen LogP contribution in [0.4, 0.5) is 5.69 Å². The van der Waals surface area contributed by atoms with Gasteiger partial charge in [0.2, 0.25) is 0 Å². The normalized spacial score (nSPS) is 16.8. The van der Waals surface area contributed by atoms with E-state index < -0.39 is 0 Å². The van der Waals surface area contributed by atoms with Crippen LogP contribution in [-0.4, -0.2) is 22.6 Å². The summed E-state index contributed by atoms with van der Waals surface area (Å²) < 4.78 is 2.43. The van der Waals surface area contributed by atoms with Gasteiger partial charge in [0.1, 0.15) is 0 Å². The molecule has 19 heavy (non-hydrogen) atoms. The molecule has 1 saturated heterocycles. The van der Waals surface area contributed by atoms with E-state index in [2.05, 4.69) is 41.5 Å². The van der Waals surface area contributed by atoms with Crippen LogP contribution in [0.15, 0.2) is 24.3 Å². The van der Waals surface area contributed by atoms with Gasteiger partial charge in [-0.2, -0.15) is 0 Å². The van der Waals surface area contributed by atoms with Gasteiger partial charge in [0.15, 0.2) is 0 Å². The highest BCUT2D eigenvalue weighted by Crippen LogP contribution is 2.27. The van der Waals surface area contributed by atoms with Crippen LogP contribution in [0.3, 0.4) is 0 Å². The van der Waals surface area contributed by atoms with Crippen molar-refractivity contribution in [1.29, 1.82) is 0 Å². The first-order valence-electron chi connectivity index (χ1n) is 7.27. The second-order valence-electron chi connectivity index (χ2n) is 5.90. The lowest BCUT2D eigenvalue weighted by molar-refractivity contribution is 0.319. The van der Waals surface area contributed by atoms with Gasteiger partial charge < -0.3 is 10.3 Å². The molecule has 0 radical (unpaired) electrons. The molecule has 0 bridgehead atoms. The number of nitrogens with zero attached hydrogens (tertiary/aromatic N) is 2. The third-order valence-corrected chi connectivity index (χ3v) is 4.05. The Bertz CT molecular complexity index is 577. The molecule has 0 saturated carbocycles. The molecule has 1 aliphatic rings. The van der Waals surface area contributed by atoms with E-state index in [9.17, 15) is 0 Å². The quantitative estimate of drug-likeness (QED) is 0.855. The van der Waals surface area contributed by atoms with Gasteiger partial charge in [-0.15, -0.1) is 0 Å². The molecular formula is C16H23N3. The van der Waals surface area contributed by atoms with Crippen LogP contribution in [0, 0.1) is 0 Å². The van der Waals surface area contributed by atoms with E-state index in [1.807, 2.05) is 6.07 Å². The first-order chi connectivity index (χ1) is 9.15. The van der Waals surface area contributed by atoms with Crippen LogP contribution < -0.4 is 5.73 Å². The summed E-state index contributed by atoms with van der Waals surface area (Å²) in [5.74, 6) is 0. The third kappa shape index (κ3) is 2.35. The smallest absolute Gasteiger partial charge is 0.0506 e. The highest BCUT2D eigenvalue weighted by molar-refractivity contribution is 5.84. The Morgan fingerprint density at radius 1 is 1.16 bits per heavy atom. The van der Waals surface area contributed by atoms with Gasteiger partial charge in [-0.1, -0.05) is 6.07 Å². The van der Waals surface area contributed by atoms with Crippen LogP contribution in [-0.2, 0) is 6.54 Å². The van der Waals surface area contributed by atoms with E-state index in [0.717, 1.165) is 12.2 Å². The minimum Gasteiger partial charge on any atom is -0.399 e. The molecule has 0 unspecified atom stereocenters. The lowest BCUT2D eigenvalue weighted by Gasteiger charge is -2.19. The van der Waals surface area contributed by atoms with Crippen molar-refractivity contribution in [2.24, 2.45) is 0 Å². The molecule has 1 aliphatic heterocycles. The maximum atomic E-state index is 5.94. The molecule has 102 valence electrons. The van der Waals surface area contributed by atoms with E-state index in [-0.39, 0.29) is 0 Å². The summed E-state index contributed by atoms with van der Waals surface area (Å²) in [6.07, 6.45) is 2.68. The lowest BCUT2D eigenvalue weighted by atomic mass is 10.2. The predicted molar refractivity (Wildman–Crippen MR) is 81.2 cm³/mol. The molecule has 3 nitrogen and oxygen atoms in total. The van der Waals surface area contributed by atoms with Gasteiger partial charge in [-0.25, -0.2) is 0 Å². The molecule has 2 heterocycles. The summed E-state index contributed by atoms with van der Waals surface area (Å²) in [7, 11) is 0. The molecule has 3 heteroatoms. The molecule has 0 spiro atoms. The largest absolute Gasteiger partial charge is 0.399 e. The summed E-state index contributed by atoms with van der Waals surface area (Å²) in [5.41, 5.74) is 9.47. The minimum atomic E-state index is 0.469. The van der Waals surface area contributed by atoms with Gasteiger partial charge in [-0.05, 0) is 58.0 Å². The number of likely N-dealkylation sites (tertiary alicyclic amines) is 1. The minimum absolute atomic E-state index is 0.469. The van der Waals surface area contributed by atoms with Crippen LogP contribution >= 0.6 is 0 Å². The predicted octanol–water partition coefficient (Wildman–Crippen LogP) is 3.40. The van der Waals surface area contributed by atoms with Crippen molar-refractivity contribution < 1.29 is 0 Å². The Labute approximate surface area is 115 Å². The van der Waals surface area contributed by atoms with Crippen molar-refractivity contribution in [3.05, 3.63) is 30.0 Å². The fraction of sp³-hybridized carbons (Fsp3) is 0.500. The molecule has 1 aromatic carbocycles. The molecule has 0 amide bonds. The van der Waals surface area contributed by atoms with E-state index in [0.29, 0.717) is 6.04 Å². The van der Waals surface area contributed by atoms with Crippen molar-refractivity contribution in [3.63, 3.8) is 0 Å². The summed E-state index contributed by atoms with van der Waals surface area (Å²) in [6.45, 7) is 8.03. The Morgan fingerprint density at radius 3 is 2.58 bits per heavy atom. The molecular weight excluding hydrogens is 234 g/mol. The summed E-state index contributed by atoms with van der Waals surface area (Å²) >= 11 is 0. The van der Waals surface area contributed by atoms with Crippen molar-refractivity contribution in [3.8, 4) is 0 Å². The number of benzene rings is 1. The molecule has 0 aliphatic carbocycles. The van der Waals surface area contributed by atoms with E-state index >= 15 is 0 Å². The second kappa shape index (κ2) is 4.89. The first kappa shape index (κ1) is 12.5. The summed E-state index contributed by atoms with van der Waals surface area (Å²) in [5, 5.41) is 1.30. The zero-order valence-corrected chi connectivity index (χ0v) is 11.9. The third-order valence-electron chi connectivity index (χ3n) is 4.05. The van der Waals surface area contributed by atoms with E-state index in [1.165, 1.54) is 42.5 Å². The Kier molecular flexibility index (Phi) is 3.23. The molecule has 3 rings (SSSR count). The Morgan fingerprint density at radius 2 is 1.89 bits per heavy atom. The summed E-state index contributed by atoms with van der Waals surface area (Å²) in [4.78, 5) is 2.55. The number of hydrogen-bond donors (Lipinski definition) is 1. The van der Waals surface area contributed by atoms with Crippen LogP contribution in [0.25, 0.3) is 10.9 Å². The zero-order chi connectivity index (χ0) is 13.4. The molecule has 1 fully saturated rings. The topological polar surface area (TPSA) is 34.2 Å². The van der Waals surface area contributed by atoms with Crippen molar-refractivity contribution >= 4 is 16.6 Å². The monoisotopic (exact) mass is 257 g/mol. The number of rotatable bonds is 3. The number of nitrogen functional groups attached to an aromatic ring is 1. The number of aromatic nitrogens is 1. The number of fused-ring (bicyclic) bond motifs is 1. The molecule has 2 N–H and O–H groups in total. The average molecular weight is 257 g/mol. The van der Waals surface area contributed by atoms with E-state index in [1.54, 1.807) is 0 Å². The van der Waals surface area contributed by atoms with Gasteiger partial charge in [0, 0.05) is 29.4 Å². The fourth-order valence-electron chi connectivity index (χ4n) is 3.20. The van der Waals surface area contributed by atoms with Crippen molar-refractivity contribution in [2.45, 2.75) is 39.3 Å². The Balaban J connectivity index is 2.04. The SMILES string of the molecule is CC(C)n1c(CN2CCCC2)cc2ccc(N)cc21. The number of nitrogens with two attached hydrogens (primary N) is 1. The van der Waals surface area contributed by atoms with Gasteiger partial charge in [-0.3, -0.25) is 4.90 Å². The molecule has 0 atom stereocenters. The second-order valence-corrected chi connectivity index (χ2v) is 5.90. The van der Waals surface area contributed by atoms with Crippen LogP contribution in [0.1, 0.15) is 38.4 Å². The molecule has 2 aromatic rings. The molecule has 1 aromatic heterocycles. The van der Waals surface area contributed by atoms with Crippen molar-refractivity contribution in [2.75, 3.05) is 18.8 Å². The fourth-order valence-corrected chi connectivity index (χ4v) is 3.20.